The van der Waals surface area contributed by atoms with Crippen LogP contribution in [0.25, 0.3) is 0 Å². The number of halogens is 1. The van der Waals surface area contributed by atoms with Crippen LogP contribution in [-0.4, -0.2) is 5.91 Å². The average molecular weight is 295 g/mol. The van der Waals surface area contributed by atoms with E-state index in [1.807, 2.05) is 36.6 Å². The molecule has 0 radical (unpaired) electrons. The molecule has 0 spiro atoms. The number of thiophene rings is 1. The molecular weight excluding hydrogens is 280 g/mol. The zero-order valence-electron chi connectivity index (χ0n) is 10.8. The Bertz CT molecular complexity index is 595. The lowest BCUT2D eigenvalue weighted by Crippen LogP contribution is -2.08. The number of benzene rings is 1. The normalized spacial score (nSPS) is 10.3. The number of nitrogens with one attached hydrogen (secondary N) is 2. The van der Waals surface area contributed by atoms with E-state index in [0.717, 1.165) is 26.8 Å². The number of amides is 1. The molecule has 5 heteroatoms. The van der Waals surface area contributed by atoms with Gasteiger partial charge < -0.3 is 10.6 Å². The van der Waals surface area contributed by atoms with E-state index in [1.54, 1.807) is 11.3 Å². The summed E-state index contributed by atoms with van der Waals surface area (Å²) >= 11 is 7.54. The molecule has 0 fully saturated rings. The number of aryl methyl sites for hydroxylation is 1. The Balaban J connectivity index is 2.06. The highest BCUT2D eigenvalue weighted by Gasteiger charge is 2.06. The van der Waals surface area contributed by atoms with Gasteiger partial charge in [-0.3, -0.25) is 4.79 Å². The largest absolute Gasteiger partial charge is 0.380 e. The minimum absolute atomic E-state index is 0.0534. The summed E-state index contributed by atoms with van der Waals surface area (Å²) < 4.78 is 0. The third-order valence-corrected chi connectivity index (χ3v) is 3.84. The second kappa shape index (κ2) is 6.08. The van der Waals surface area contributed by atoms with Gasteiger partial charge in [-0.05, 0) is 42.1 Å². The van der Waals surface area contributed by atoms with Crippen LogP contribution < -0.4 is 10.6 Å². The van der Waals surface area contributed by atoms with E-state index in [4.69, 9.17) is 11.6 Å². The third-order valence-electron chi connectivity index (χ3n) is 2.68. The van der Waals surface area contributed by atoms with Crippen molar-refractivity contribution in [3.63, 3.8) is 0 Å². The van der Waals surface area contributed by atoms with Crippen LogP contribution in [0.1, 0.15) is 17.4 Å². The first kappa shape index (κ1) is 13.9. The minimum Gasteiger partial charge on any atom is -0.380 e. The highest BCUT2D eigenvalue weighted by atomic mass is 35.5. The van der Waals surface area contributed by atoms with Gasteiger partial charge >= 0.3 is 0 Å². The number of carbonyl (C=O) groups excluding carboxylic acids is 1. The lowest BCUT2D eigenvalue weighted by atomic mass is 10.2. The van der Waals surface area contributed by atoms with E-state index in [1.165, 1.54) is 6.92 Å². The standard InChI is InChI=1S/C14H15ClN2OS/c1-9-7-11(15)3-4-12(9)16-8-14-13(5-6-19-14)17-10(2)18/h3-7,16H,8H2,1-2H3,(H,17,18). The minimum atomic E-state index is -0.0534. The number of hydrogen-bond donors (Lipinski definition) is 2. The number of hydrogen-bond acceptors (Lipinski definition) is 3. The van der Waals surface area contributed by atoms with E-state index in [9.17, 15) is 4.79 Å². The first-order chi connectivity index (χ1) is 9.06. The molecule has 0 aliphatic heterocycles. The fraction of sp³-hybridized carbons (Fsp3) is 0.214. The number of carbonyl (C=O) groups is 1. The van der Waals surface area contributed by atoms with Crippen molar-refractivity contribution >= 4 is 40.2 Å². The van der Waals surface area contributed by atoms with Crippen molar-refractivity contribution in [1.82, 2.24) is 0 Å². The number of rotatable bonds is 4. The van der Waals surface area contributed by atoms with Gasteiger partial charge in [-0.15, -0.1) is 11.3 Å². The maximum atomic E-state index is 11.1. The zero-order chi connectivity index (χ0) is 13.8. The fourth-order valence-corrected chi connectivity index (χ4v) is 2.78. The van der Waals surface area contributed by atoms with Gasteiger partial charge in [0.1, 0.15) is 0 Å². The summed E-state index contributed by atoms with van der Waals surface area (Å²) in [5.74, 6) is -0.0534. The molecule has 2 N–H and O–H groups in total. The van der Waals surface area contributed by atoms with Crippen molar-refractivity contribution in [2.24, 2.45) is 0 Å². The molecule has 0 saturated heterocycles. The molecule has 0 bridgehead atoms. The quantitative estimate of drug-likeness (QED) is 0.883. The predicted octanol–water partition coefficient (Wildman–Crippen LogP) is 4.28. The second-order valence-corrected chi connectivity index (χ2v) is 5.69. The van der Waals surface area contributed by atoms with Gasteiger partial charge in [-0.1, -0.05) is 11.6 Å². The lowest BCUT2D eigenvalue weighted by molar-refractivity contribution is -0.114. The molecule has 1 heterocycles. The Morgan fingerprint density at radius 3 is 2.79 bits per heavy atom. The molecule has 0 unspecified atom stereocenters. The molecule has 0 aliphatic rings. The predicted molar refractivity (Wildman–Crippen MR) is 82.1 cm³/mol. The maximum absolute atomic E-state index is 11.1. The van der Waals surface area contributed by atoms with Gasteiger partial charge in [0.25, 0.3) is 0 Å². The monoisotopic (exact) mass is 294 g/mol. The van der Waals surface area contributed by atoms with Gasteiger partial charge in [0.05, 0.1) is 12.2 Å². The molecule has 0 atom stereocenters. The van der Waals surface area contributed by atoms with Crippen molar-refractivity contribution in [2.75, 3.05) is 10.6 Å². The highest BCUT2D eigenvalue weighted by molar-refractivity contribution is 7.10. The van der Waals surface area contributed by atoms with Crippen LogP contribution in [0.3, 0.4) is 0 Å². The zero-order valence-corrected chi connectivity index (χ0v) is 12.4. The first-order valence-corrected chi connectivity index (χ1v) is 7.16. The second-order valence-electron chi connectivity index (χ2n) is 4.25. The fourth-order valence-electron chi connectivity index (χ4n) is 1.78. The Morgan fingerprint density at radius 1 is 1.32 bits per heavy atom. The van der Waals surface area contributed by atoms with Gasteiger partial charge in [-0.25, -0.2) is 0 Å². The van der Waals surface area contributed by atoms with Gasteiger partial charge in [-0.2, -0.15) is 0 Å². The summed E-state index contributed by atoms with van der Waals surface area (Å²) in [5.41, 5.74) is 3.02. The highest BCUT2D eigenvalue weighted by Crippen LogP contribution is 2.25. The van der Waals surface area contributed by atoms with E-state index in [0.29, 0.717) is 6.54 Å². The van der Waals surface area contributed by atoms with Crippen molar-refractivity contribution in [3.8, 4) is 0 Å². The van der Waals surface area contributed by atoms with Crippen LogP contribution in [0.5, 0.6) is 0 Å². The molecule has 1 aromatic carbocycles. The van der Waals surface area contributed by atoms with Gasteiger partial charge in [0.15, 0.2) is 0 Å². The maximum Gasteiger partial charge on any atom is 0.221 e. The van der Waals surface area contributed by atoms with E-state index in [2.05, 4.69) is 10.6 Å². The van der Waals surface area contributed by atoms with Crippen LogP contribution in [-0.2, 0) is 11.3 Å². The van der Waals surface area contributed by atoms with Crippen molar-refractivity contribution in [1.29, 1.82) is 0 Å². The molecule has 2 aromatic rings. The topological polar surface area (TPSA) is 41.1 Å². The van der Waals surface area contributed by atoms with Crippen LogP contribution in [0.2, 0.25) is 5.02 Å². The van der Waals surface area contributed by atoms with Gasteiger partial charge in [0, 0.05) is 22.5 Å². The van der Waals surface area contributed by atoms with Crippen molar-refractivity contribution in [3.05, 3.63) is 45.1 Å². The molecule has 3 nitrogen and oxygen atoms in total. The van der Waals surface area contributed by atoms with Crippen LogP contribution >= 0.6 is 22.9 Å². The SMILES string of the molecule is CC(=O)Nc1ccsc1CNc1ccc(Cl)cc1C. The molecule has 2 rings (SSSR count). The van der Waals surface area contributed by atoms with E-state index < -0.39 is 0 Å². The summed E-state index contributed by atoms with van der Waals surface area (Å²) in [6.45, 7) is 4.20. The molecule has 19 heavy (non-hydrogen) atoms. The molecule has 0 saturated carbocycles. The average Bonchev–Trinajstić information content (AvgIpc) is 2.74. The van der Waals surface area contributed by atoms with E-state index >= 15 is 0 Å². The Labute approximate surface area is 121 Å². The molecular formula is C14H15ClN2OS. The van der Waals surface area contributed by atoms with Crippen LogP contribution in [0.15, 0.2) is 29.6 Å². The van der Waals surface area contributed by atoms with Crippen LogP contribution in [0, 0.1) is 6.92 Å². The molecule has 100 valence electrons. The lowest BCUT2D eigenvalue weighted by Gasteiger charge is -2.10. The summed E-state index contributed by atoms with van der Waals surface area (Å²) in [5, 5.41) is 8.88. The van der Waals surface area contributed by atoms with Crippen molar-refractivity contribution < 1.29 is 4.79 Å². The van der Waals surface area contributed by atoms with Gasteiger partial charge in [0.2, 0.25) is 5.91 Å². The summed E-state index contributed by atoms with van der Waals surface area (Å²) in [6, 6.07) is 7.66. The Hall–Kier alpha value is -1.52. The molecule has 0 aliphatic carbocycles. The summed E-state index contributed by atoms with van der Waals surface area (Å²) in [4.78, 5) is 12.2. The number of anilines is 2. The summed E-state index contributed by atoms with van der Waals surface area (Å²) in [6.07, 6.45) is 0. The van der Waals surface area contributed by atoms with E-state index in [-0.39, 0.29) is 5.91 Å². The summed E-state index contributed by atoms with van der Waals surface area (Å²) in [7, 11) is 0. The van der Waals surface area contributed by atoms with Crippen LogP contribution in [0.4, 0.5) is 11.4 Å². The third kappa shape index (κ3) is 3.72. The molecule has 1 amide bonds. The molecule has 1 aromatic heterocycles. The smallest absolute Gasteiger partial charge is 0.221 e. The first-order valence-electron chi connectivity index (χ1n) is 5.90. The Morgan fingerprint density at radius 2 is 2.11 bits per heavy atom. The Kier molecular flexibility index (Phi) is 4.45. The van der Waals surface area contributed by atoms with Crippen molar-refractivity contribution in [2.45, 2.75) is 20.4 Å².